The van der Waals surface area contributed by atoms with Crippen LogP contribution in [0, 0.1) is 6.92 Å². The molecule has 0 aliphatic rings. The van der Waals surface area contributed by atoms with Crippen LogP contribution >= 0.6 is 0 Å². The predicted octanol–water partition coefficient (Wildman–Crippen LogP) is 4.88. The highest BCUT2D eigenvalue weighted by Crippen LogP contribution is 2.31. The van der Waals surface area contributed by atoms with E-state index in [0.29, 0.717) is 23.7 Å². The molecule has 0 atom stereocenters. The molecule has 0 saturated carbocycles. The Bertz CT molecular complexity index is 977. The van der Waals surface area contributed by atoms with E-state index in [1.54, 1.807) is 12.1 Å². The van der Waals surface area contributed by atoms with Gasteiger partial charge in [-0.2, -0.15) is 0 Å². The van der Waals surface area contributed by atoms with E-state index in [1.165, 1.54) is 0 Å². The van der Waals surface area contributed by atoms with Crippen molar-refractivity contribution in [1.29, 1.82) is 0 Å². The summed E-state index contributed by atoms with van der Waals surface area (Å²) in [5.41, 5.74) is 4.41. The van der Waals surface area contributed by atoms with Crippen molar-refractivity contribution in [2.24, 2.45) is 0 Å². The second kappa shape index (κ2) is 5.25. The first-order valence-corrected chi connectivity index (χ1v) is 7.26. The lowest BCUT2D eigenvalue weighted by Gasteiger charge is -2.04. The molecule has 4 heteroatoms. The van der Waals surface area contributed by atoms with Crippen molar-refractivity contribution < 1.29 is 13.6 Å². The van der Waals surface area contributed by atoms with Gasteiger partial charge in [0.25, 0.3) is 0 Å². The highest BCUT2D eigenvalue weighted by atomic mass is 16.4. The number of oxazole rings is 1. The third-order valence-electron chi connectivity index (χ3n) is 3.79. The number of para-hydroxylation sites is 2. The second-order valence-corrected chi connectivity index (χ2v) is 5.34. The summed E-state index contributed by atoms with van der Waals surface area (Å²) >= 11 is 0. The van der Waals surface area contributed by atoms with Crippen LogP contribution in [0.3, 0.4) is 0 Å². The highest BCUT2D eigenvalue weighted by molar-refractivity contribution is 5.78. The molecule has 4 rings (SSSR count). The van der Waals surface area contributed by atoms with Gasteiger partial charge in [0, 0.05) is 11.1 Å². The Labute approximate surface area is 132 Å². The molecular weight excluding hydrogens is 290 g/mol. The number of furan rings is 1. The zero-order valence-corrected chi connectivity index (χ0v) is 12.4. The topological polar surface area (TPSA) is 56.2 Å². The Morgan fingerprint density at radius 1 is 1.00 bits per heavy atom. The largest absolute Gasteiger partial charge is 0.453 e. The first-order chi connectivity index (χ1) is 11.2. The lowest BCUT2D eigenvalue weighted by molar-refractivity contribution is 0.110. The number of aryl methyl sites for hydroxylation is 1. The zero-order valence-electron chi connectivity index (χ0n) is 12.4. The fraction of sp³-hybridized carbons (Fsp3) is 0.0526. The van der Waals surface area contributed by atoms with E-state index in [2.05, 4.69) is 4.98 Å². The number of benzene rings is 2. The summed E-state index contributed by atoms with van der Waals surface area (Å²) in [6.07, 6.45) is 0.698. The van der Waals surface area contributed by atoms with Gasteiger partial charge in [0.1, 0.15) is 11.3 Å². The van der Waals surface area contributed by atoms with Gasteiger partial charge in [-0.05, 0) is 48.9 Å². The fourth-order valence-electron chi connectivity index (χ4n) is 2.58. The Hall–Kier alpha value is -3.14. The van der Waals surface area contributed by atoms with Crippen LogP contribution in [-0.2, 0) is 0 Å². The molecule has 0 saturated heterocycles. The smallest absolute Gasteiger partial charge is 0.227 e. The molecule has 2 aromatic carbocycles. The molecule has 2 aromatic heterocycles. The average molecular weight is 303 g/mol. The molecule has 0 spiro atoms. The van der Waals surface area contributed by atoms with Crippen molar-refractivity contribution >= 4 is 17.4 Å². The van der Waals surface area contributed by atoms with Crippen molar-refractivity contribution in [3.63, 3.8) is 0 Å². The third-order valence-corrected chi connectivity index (χ3v) is 3.79. The first kappa shape index (κ1) is 13.5. The monoisotopic (exact) mass is 303 g/mol. The summed E-state index contributed by atoms with van der Waals surface area (Å²) in [4.78, 5) is 15.3. The summed E-state index contributed by atoms with van der Waals surface area (Å²) in [6.45, 7) is 1.99. The van der Waals surface area contributed by atoms with E-state index in [0.717, 1.165) is 27.8 Å². The molecule has 23 heavy (non-hydrogen) atoms. The maximum Gasteiger partial charge on any atom is 0.227 e. The van der Waals surface area contributed by atoms with Gasteiger partial charge in [0.15, 0.2) is 17.6 Å². The van der Waals surface area contributed by atoms with Crippen molar-refractivity contribution in [3.8, 4) is 22.8 Å². The second-order valence-electron chi connectivity index (χ2n) is 5.34. The maximum atomic E-state index is 10.8. The normalized spacial score (nSPS) is 11.0. The number of carbonyl (C=O) groups excluding carboxylic acids is 1. The van der Waals surface area contributed by atoms with Crippen LogP contribution in [0.1, 0.15) is 16.1 Å². The Kier molecular flexibility index (Phi) is 3.08. The van der Waals surface area contributed by atoms with E-state index in [4.69, 9.17) is 8.83 Å². The molecule has 2 heterocycles. The molecule has 0 N–H and O–H groups in total. The molecule has 0 bridgehead atoms. The molecule has 0 unspecified atom stereocenters. The van der Waals surface area contributed by atoms with Crippen LogP contribution < -0.4 is 0 Å². The summed E-state index contributed by atoms with van der Waals surface area (Å²) in [5, 5.41) is 0. The fourth-order valence-corrected chi connectivity index (χ4v) is 2.58. The van der Waals surface area contributed by atoms with Crippen LogP contribution in [0.25, 0.3) is 33.9 Å². The molecule has 0 amide bonds. The van der Waals surface area contributed by atoms with Gasteiger partial charge in [-0.15, -0.1) is 0 Å². The van der Waals surface area contributed by atoms with Gasteiger partial charge in [-0.3, -0.25) is 4.79 Å². The first-order valence-electron chi connectivity index (χ1n) is 7.26. The van der Waals surface area contributed by atoms with E-state index in [9.17, 15) is 4.79 Å². The van der Waals surface area contributed by atoms with Crippen LogP contribution in [0.4, 0.5) is 0 Å². The Morgan fingerprint density at radius 2 is 1.87 bits per heavy atom. The molecule has 112 valence electrons. The predicted molar refractivity (Wildman–Crippen MR) is 87.3 cm³/mol. The number of hydrogen-bond donors (Lipinski definition) is 0. The minimum Gasteiger partial charge on any atom is -0.453 e. The number of hydrogen-bond acceptors (Lipinski definition) is 4. The Morgan fingerprint density at radius 3 is 2.65 bits per heavy atom. The molecule has 4 nitrogen and oxygen atoms in total. The summed E-state index contributed by atoms with van der Waals surface area (Å²) in [7, 11) is 0. The summed E-state index contributed by atoms with van der Waals surface area (Å²) < 4.78 is 11.3. The van der Waals surface area contributed by atoms with Crippen molar-refractivity contribution in [2.45, 2.75) is 6.92 Å². The number of aldehydes is 1. The molecular formula is C19H13NO3. The van der Waals surface area contributed by atoms with Gasteiger partial charge in [0.05, 0.1) is 0 Å². The van der Waals surface area contributed by atoms with E-state index in [-0.39, 0.29) is 0 Å². The van der Waals surface area contributed by atoms with Gasteiger partial charge >= 0.3 is 0 Å². The minimum absolute atomic E-state index is 0.312. The average Bonchev–Trinajstić information content (AvgIpc) is 3.21. The molecule has 4 aromatic rings. The van der Waals surface area contributed by atoms with Crippen molar-refractivity contribution in [1.82, 2.24) is 4.98 Å². The van der Waals surface area contributed by atoms with Gasteiger partial charge in [-0.25, -0.2) is 4.98 Å². The number of aromatic nitrogens is 1. The highest BCUT2D eigenvalue weighted by Gasteiger charge is 2.12. The summed E-state index contributed by atoms with van der Waals surface area (Å²) in [6, 6.07) is 17.0. The number of rotatable bonds is 3. The van der Waals surface area contributed by atoms with E-state index in [1.807, 2.05) is 49.4 Å². The van der Waals surface area contributed by atoms with Crippen LogP contribution in [0.5, 0.6) is 0 Å². The van der Waals surface area contributed by atoms with Crippen molar-refractivity contribution in [3.05, 3.63) is 65.9 Å². The molecule has 0 radical (unpaired) electrons. The lowest BCUT2D eigenvalue weighted by Crippen LogP contribution is -1.84. The SMILES string of the molecule is Cc1ccc(-c2nc3ccccc3o2)cc1-c1ccc(C=O)o1. The van der Waals surface area contributed by atoms with Crippen LogP contribution in [0.15, 0.2) is 63.4 Å². The molecule has 0 fully saturated rings. The van der Waals surface area contributed by atoms with Crippen LogP contribution in [0.2, 0.25) is 0 Å². The number of nitrogens with zero attached hydrogens (tertiary/aromatic N) is 1. The number of fused-ring (bicyclic) bond motifs is 1. The number of carbonyl (C=O) groups is 1. The third kappa shape index (κ3) is 2.34. The van der Waals surface area contributed by atoms with Gasteiger partial charge in [0.2, 0.25) is 5.89 Å². The van der Waals surface area contributed by atoms with Crippen LogP contribution in [-0.4, -0.2) is 11.3 Å². The molecule has 0 aliphatic carbocycles. The Balaban J connectivity index is 1.83. The molecule has 0 aliphatic heterocycles. The zero-order chi connectivity index (χ0) is 15.8. The van der Waals surface area contributed by atoms with Gasteiger partial charge in [-0.1, -0.05) is 18.2 Å². The van der Waals surface area contributed by atoms with E-state index >= 15 is 0 Å². The standard InChI is InChI=1S/C19H13NO3/c1-12-6-7-13(10-15(12)17-9-8-14(11-21)22-17)19-20-16-4-2-3-5-18(16)23-19/h2-11H,1H3. The quantitative estimate of drug-likeness (QED) is 0.506. The minimum atomic E-state index is 0.312. The lowest BCUT2D eigenvalue weighted by atomic mass is 10.0. The van der Waals surface area contributed by atoms with Gasteiger partial charge < -0.3 is 8.83 Å². The van der Waals surface area contributed by atoms with Crippen molar-refractivity contribution in [2.75, 3.05) is 0 Å². The van der Waals surface area contributed by atoms with E-state index < -0.39 is 0 Å². The summed E-state index contributed by atoms with van der Waals surface area (Å²) in [5.74, 6) is 1.53. The maximum absolute atomic E-state index is 10.8.